The minimum absolute atomic E-state index is 0.0111. The van der Waals surface area contributed by atoms with Gasteiger partial charge in [-0.2, -0.15) is 4.72 Å². The molecule has 4 amide bonds. The maximum atomic E-state index is 14.6. The van der Waals surface area contributed by atoms with E-state index in [9.17, 15) is 32.4 Å². The molecule has 4 N–H and O–H groups in total. The molecule has 5 atom stereocenters. The summed E-state index contributed by atoms with van der Waals surface area (Å²) in [5, 5.41) is 9.97. The van der Waals surface area contributed by atoms with Crippen molar-refractivity contribution >= 4 is 50.8 Å². The van der Waals surface area contributed by atoms with Gasteiger partial charge in [-0.25, -0.2) is 8.42 Å². The number of amides is 4. The molecule has 2 saturated carbocycles. The maximum absolute atomic E-state index is 14.6. The van der Waals surface area contributed by atoms with Gasteiger partial charge in [-0.15, -0.1) is 17.9 Å². The number of carbonyl (C=O) groups excluding carboxylic acids is 5. The minimum atomic E-state index is -4.03. The van der Waals surface area contributed by atoms with Gasteiger partial charge in [0.25, 0.3) is 15.9 Å². The normalized spacial score (nSPS) is 22.5. The van der Waals surface area contributed by atoms with Crippen LogP contribution in [-0.4, -0.2) is 80.0 Å². The van der Waals surface area contributed by atoms with Crippen molar-refractivity contribution in [3.8, 4) is 0 Å². The van der Waals surface area contributed by atoms with E-state index in [0.29, 0.717) is 25.7 Å². The molecule has 4 rings (SSSR count). The molecule has 0 aromatic carbocycles. The lowest BCUT2D eigenvalue weighted by Gasteiger charge is -2.42. The molecule has 0 spiro atoms. The first kappa shape index (κ1) is 40.7. The van der Waals surface area contributed by atoms with Crippen molar-refractivity contribution in [3.05, 3.63) is 30.2 Å². The Labute approximate surface area is 307 Å². The van der Waals surface area contributed by atoms with Crippen LogP contribution in [0.5, 0.6) is 0 Å². The van der Waals surface area contributed by atoms with Gasteiger partial charge in [-0.1, -0.05) is 85.8 Å². The van der Waals surface area contributed by atoms with E-state index in [-0.39, 0.29) is 35.1 Å². The van der Waals surface area contributed by atoms with Gasteiger partial charge in [0, 0.05) is 13.1 Å². The van der Waals surface area contributed by atoms with Crippen LogP contribution in [0.4, 0.5) is 0 Å². The van der Waals surface area contributed by atoms with E-state index < -0.39 is 74.4 Å². The van der Waals surface area contributed by atoms with E-state index in [0.717, 1.165) is 43.4 Å². The van der Waals surface area contributed by atoms with Crippen molar-refractivity contribution in [2.45, 2.75) is 128 Å². The second-order valence-corrected chi connectivity index (χ2v) is 19.2. The zero-order valence-corrected chi connectivity index (χ0v) is 32.6. The lowest BCUT2D eigenvalue weighted by atomic mass is 9.70. The predicted molar refractivity (Wildman–Crippen MR) is 197 cm³/mol. The molecule has 1 unspecified atom stereocenters. The molecular formula is C37H57N5O7S2. The molecule has 12 nitrogen and oxygen atoms in total. The number of ketones is 1. The number of likely N-dealkylation sites (tertiary alicyclic amines) is 1. The number of rotatable bonds is 16. The highest BCUT2D eigenvalue weighted by molar-refractivity contribution is 7.91. The van der Waals surface area contributed by atoms with E-state index in [1.165, 1.54) is 17.0 Å². The van der Waals surface area contributed by atoms with Crippen molar-refractivity contribution in [1.82, 2.24) is 25.6 Å². The minimum Gasteiger partial charge on any atom is -0.346 e. The zero-order chi connectivity index (χ0) is 37.7. The second-order valence-electron chi connectivity index (χ2n) is 16.3. The summed E-state index contributed by atoms with van der Waals surface area (Å²) in [6.07, 6.45) is 8.14. The lowest BCUT2D eigenvalue weighted by Crippen LogP contribution is -2.63. The van der Waals surface area contributed by atoms with Crippen LogP contribution in [-0.2, 0) is 34.0 Å². The van der Waals surface area contributed by atoms with Crippen molar-refractivity contribution in [2.75, 3.05) is 13.1 Å². The summed E-state index contributed by atoms with van der Waals surface area (Å²) < 4.78 is 29.8. The van der Waals surface area contributed by atoms with Crippen molar-refractivity contribution in [1.29, 1.82) is 0 Å². The number of Topliss-reactive ketones (excluding diaryl/α,β-unsaturated/α-hetero) is 1. The molecule has 51 heavy (non-hydrogen) atoms. The lowest BCUT2D eigenvalue weighted by molar-refractivity contribution is -0.146. The van der Waals surface area contributed by atoms with Crippen LogP contribution in [0.15, 0.2) is 34.4 Å². The molecule has 0 radical (unpaired) electrons. The first-order chi connectivity index (χ1) is 23.9. The zero-order valence-electron chi connectivity index (χ0n) is 31.0. The second kappa shape index (κ2) is 16.7. The summed E-state index contributed by atoms with van der Waals surface area (Å²) in [4.78, 5) is 70.5. The highest BCUT2D eigenvalue weighted by atomic mass is 32.2. The third-order valence-corrected chi connectivity index (χ3v) is 13.6. The van der Waals surface area contributed by atoms with Gasteiger partial charge in [0.05, 0.1) is 6.04 Å². The highest BCUT2D eigenvalue weighted by Gasteiger charge is 2.50. The molecule has 1 saturated heterocycles. The van der Waals surface area contributed by atoms with Crippen LogP contribution >= 0.6 is 11.3 Å². The SMILES string of the molecule is C=CCNC(=O)C(=O)C(CC1CC1)NC(=O)[C@@H]1[C@@H](C(C)C)CCN1C(=O)[C@@H](NC(=O)[C@@H](NS(=O)(=O)c1cccs1)C1(C)CCCCC1)C(C)(C)C. The van der Waals surface area contributed by atoms with Crippen molar-refractivity contribution < 1.29 is 32.4 Å². The van der Waals surface area contributed by atoms with Gasteiger partial charge in [0.2, 0.25) is 23.5 Å². The molecule has 1 aromatic heterocycles. The van der Waals surface area contributed by atoms with Crippen LogP contribution in [0.3, 0.4) is 0 Å². The Bertz CT molecular complexity index is 1540. The first-order valence-electron chi connectivity index (χ1n) is 18.3. The summed E-state index contributed by atoms with van der Waals surface area (Å²) >= 11 is 1.06. The number of nitrogens with one attached hydrogen (secondary N) is 4. The topological polar surface area (TPSA) is 171 Å². The molecule has 284 valence electrons. The first-order valence-corrected chi connectivity index (χ1v) is 20.7. The fourth-order valence-corrected chi connectivity index (χ4v) is 9.86. The monoisotopic (exact) mass is 747 g/mol. The molecular weight excluding hydrogens is 691 g/mol. The van der Waals surface area contributed by atoms with Gasteiger partial charge in [-0.05, 0) is 65.7 Å². The molecule has 3 aliphatic rings. The fourth-order valence-electron chi connectivity index (χ4n) is 7.51. The maximum Gasteiger partial charge on any atom is 0.289 e. The number of sulfonamides is 1. The molecule has 1 aliphatic heterocycles. The fraction of sp³-hybridized carbons (Fsp3) is 0.703. The Balaban J connectivity index is 1.62. The Morgan fingerprint density at radius 3 is 2.27 bits per heavy atom. The third kappa shape index (κ3) is 10.1. The number of hydrogen-bond acceptors (Lipinski definition) is 8. The van der Waals surface area contributed by atoms with E-state index in [1.807, 2.05) is 41.5 Å². The van der Waals surface area contributed by atoms with Crippen molar-refractivity contribution in [2.24, 2.45) is 28.6 Å². The Hall–Kier alpha value is -3.10. The highest BCUT2D eigenvalue weighted by Crippen LogP contribution is 2.40. The third-order valence-electron chi connectivity index (χ3n) is 10.8. The van der Waals surface area contributed by atoms with Crippen molar-refractivity contribution in [3.63, 3.8) is 0 Å². The van der Waals surface area contributed by atoms with Crippen LogP contribution < -0.4 is 20.7 Å². The van der Waals surface area contributed by atoms with Crippen LogP contribution in [0.1, 0.15) is 99.3 Å². The quantitative estimate of drug-likeness (QED) is 0.147. The average molecular weight is 748 g/mol. The molecule has 2 heterocycles. The number of thiophene rings is 1. The molecule has 14 heteroatoms. The van der Waals surface area contributed by atoms with E-state index in [1.54, 1.807) is 11.4 Å². The number of hydrogen-bond donors (Lipinski definition) is 4. The van der Waals surface area contributed by atoms with Crippen LogP contribution in [0.25, 0.3) is 0 Å². The number of nitrogens with zero attached hydrogens (tertiary/aromatic N) is 1. The predicted octanol–water partition coefficient (Wildman–Crippen LogP) is 3.93. The van der Waals surface area contributed by atoms with E-state index >= 15 is 0 Å². The summed E-state index contributed by atoms with van der Waals surface area (Å²) in [5.41, 5.74) is -1.50. The van der Waals surface area contributed by atoms with Crippen LogP contribution in [0.2, 0.25) is 0 Å². The average Bonchev–Trinajstić information content (AvgIpc) is 3.50. The van der Waals surface area contributed by atoms with Gasteiger partial charge >= 0.3 is 0 Å². The van der Waals surface area contributed by atoms with Gasteiger partial charge < -0.3 is 20.9 Å². The summed E-state index contributed by atoms with van der Waals surface area (Å²) in [6.45, 7) is 15.3. The van der Waals surface area contributed by atoms with Crippen LogP contribution in [0, 0.1) is 28.6 Å². The summed E-state index contributed by atoms with van der Waals surface area (Å²) in [6, 6.07) is -1.07. The molecule has 0 bridgehead atoms. The smallest absolute Gasteiger partial charge is 0.289 e. The Morgan fingerprint density at radius 2 is 1.73 bits per heavy atom. The summed E-state index contributed by atoms with van der Waals surface area (Å²) in [5.74, 6) is -3.08. The van der Waals surface area contributed by atoms with E-state index in [2.05, 4.69) is 27.3 Å². The molecule has 3 fully saturated rings. The molecule has 2 aliphatic carbocycles. The summed E-state index contributed by atoms with van der Waals surface area (Å²) in [7, 11) is -4.03. The Kier molecular flexibility index (Phi) is 13.3. The van der Waals surface area contributed by atoms with Gasteiger partial charge in [0.15, 0.2) is 0 Å². The van der Waals surface area contributed by atoms with E-state index in [4.69, 9.17) is 0 Å². The number of carbonyl (C=O) groups is 5. The van der Waals surface area contributed by atoms with Gasteiger partial charge in [-0.3, -0.25) is 24.0 Å². The molecule has 1 aromatic rings. The van der Waals surface area contributed by atoms with Gasteiger partial charge in [0.1, 0.15) is 22.3 Å². The Morgan fingerprint density at radius 1 is 1.06 bits per heavy atom. The standard InChI is InChI=1S/C37H57N5O7S2/c1-8-19-38-33(45)29(43)26(22-24-14-15-24)39-32(44)28-25(23(2)3)16-20-42(28)35(47)31(36(4,5)6)40-34(46)30(37(7)17-10-9-11-18-37)41-51(48,49)27-13-12-21-50-27/h8,12-13,21,23-26,28,30-31,41H,1,9-11,14-20,22H2,2-7H3,(H,38,45)(H,39,44)(H,40,46)/t25-,26?,28+,30-,31-/m1/s1. The largest absolute Gasteiger partial charge is 0.346 e.